The molecule has 0 bridgehead atoms. The zero-order valence-corrected chi connectivity index (χ0v) is 5.48. The summed E-state index contributed by atoms with van der Waals surface area (Å²) >= 11 is 0. The molecule has 0 fully saturated rings. The van der Waals surface area contributed by atoms with E-state index in [1.54, 1.807) is 0 Å². The maximum Gasteiger partial charge on any atom is 0.139 e. The van der Waals surface area contributed by atoms with E-state index in [0.29, 0.717) is 6.61 Å². The predicted molar refractivity (Wildman–Crippen MR) is 36.5 cm³/mol. The summed E-state index contributed by atoms with van der Waals surface area (Å²) in [6.45, 7) is 4.37. The summed E-state index contributed by atoms with van der Waals surface area (Å²) in [4.78, 5) is 4.93. The van der Waals surface area contributed by atoms with Gasteiger partial charge in [-0.05, 0) is 0 Å². The van der Waals surface area contributed by atoms with Gasteiger partial charge in [-0.15, -0.1) is 0 Å². The third-order valence-electron chi connectivity index (χ3n) is 1.51. The van der Waals surface area contributed by atoms with Crippen molar-refractivity contribution in [2.45, 2.75) is 0 Å². The second kappa shape index (κ2) is 2.44. The van der Waals surface area contributed by atoms with Crippen LogP contribution >= 0.6 is 0 Å². The Balaban J connectivity index is 2.23. The van der Waals surface area contributed by atoms with Gasteiger partial charge in [-0.1, -0.05) is 12.2 Å². The molecule has 52 valence electrons. The molecule has 0 aliphatic carbocycles. The lowest BCUT2D eigenvalue weighted by atomic mass is 10.1. The monoisotopic (exact) mass is 136 g/mol. The Morgan fingerprint density at radius 3 is 3.50 bits per heavy atom. The minimum absolute atomic E-state index is 0.617. The molecule has 0 atom stereocenters. The highest BCUT2D eigenvalue weighted by atomic mass is 16.6. The molecule has 2 N–H and O–H groups in total. The van der Waals surface area contributed by atoms with E-state index in [2.05, 4.69) is 29.5 Å². The van der Waals surface area contributed by atoms with Gasteiger partial charge in [0.1, 0.15) is 6.54 Å². The quantitative estimate of drug-likeness (QED) is 0.490. The minimum atomic E-state index is 0.617. The molecule has 3 nitrogen and oxygen atoms in total. The van der Waals surface area contributed by atoms with Gasteiger partial charge in [-0.3, -0.25) is 4.84 Å². The molecule has 0 unspecified atom stereocenters. The van der Waals surface area contributed by atoms with E-state index in [-0.39, 0.29) is 0 Å². The molecule has 0 aromatic rings. The van der Waals surface area contributed by atoms with Crippen molar-refractivity contribution in [3.63, 3.8) is 0 Å². The molecule has 2 heterocycles. The van der Waals surface area contributed by atoms with Crippen LogP contribution in [0.25, 0.3) is 0 Å². The van der Waals surface area contributed by atoms with Crippen molar-refractivity contribution >= 4 is 0 Å². The van der Waals surface area contributed by atoms with Crippen LogP contribution in [0.1, 0.15) is 0 Å². The normalized spacial score (nSPS) is 24.0. The average Bonchev–Trinajstić information content (AvgIpc) is 2.05. The Morgan fingerprint density at radius 1 is 1.60 bits per heavy atom. The summed E-state index contributed by atoms with van der Waals surface area (Å²) in [6, 6.07) is 0. The fraction of sp³-hybridized carbons (Fsp3) is 0.286. The highest BCUT2D eigenvalue weighted by Crippen LogP contribution is 2.12. The molecule has 2 radical (unpaired) electrons. The fourth-order valence-corrected chi connectivity index (χ4v) is 1.00. The Bertz CT molecular complexity index is 196. The first-order valence-corrected chi connectivity index (χ1v) is 3.23. The lowest BCUT2D eigenvalue weighted by Gasteiger charge is -2.21. The summed E-state index contributed by atoms with van der Waals surface area (Å²) in [5.41, 5.74) is 4.76. The van der Waals surface area contributed by atoms with Gasteiger partial charge in [-0.25, -0.2) is 0 Å². The van der Waals surface area contributed by atoms with Gasteiger partial charge in [-0.2, -0.15) is 5.48 Å². The van der Waals surface area contributed by atoms with Gasteiger partial charge in [0.2, 0.25) is 0 Å². The molecule has 0 amide bonds. The van der Waals surface area contributed by atoms with Gasteiger partial charge < -0.3 is 5.32 Å². The van der Waals surface area contributed by atoms with Crippen molar-refractivity contribution in [3.05, 3.63) is 30.0 Å². The van der Waals surface area contributed by atoms with E-state index in [0.717, 1.165) is 17.8 Å². The van der Waals surface area contributed by atoms with E-state index >= 15 is 0 Å². The first-order valence-electron chi connectivity index (χ1n) is 3.23. The minimum Gasteiger partial charge on any atom is -0.383 e. The summed E-state index contributed by atoms with van der Waals surface area (Å²) < 4.78 is 0. The van der Waals surface area contributed by atoms with Crippen molar-refractivity contribution in [2.75, 3.05) is 13.2 Å². The summed E-state index contributed by atoms with van der Waals surface area (Å²) in [7, 11) is 0. The SMILES string of the molecule is [C]1NOCC2=C1NCC=C2. The third-order valence-corrected chi connectivity index (χ3v) is 1.51. The fourth-order valence-electron chi connectivity index (χ4n) is 1.00. The van der Waals surface area contributed by atoms with Crippen LogP contribution in [0.4, 0.5) is 0 Å². The van der Waals surface area contributed by atoms with Crippen LogP contribution in [-0.4, -0.2) is 13.2 Å². The maximum atomic E-state index is 4.93. The largest absolute Gasteiger partial charge is 0.383 e. The smallest absolute Gasteiger partial charge is 0.139 e. The predicted octanol–water partition coefficient (Wildman–Crippen LogP) is -0.0265. The molecule has 0 saturated carbocycles. The van der Waals surface area contributed by atoms with E-state index in [1.807, 2.05) is 0 Å². The number of rotatable bonds is 0. The number of dihydropyridines is 1. The molecular weight excluding hydrogens is 128 g/mol. The molecule has 2 aliphatic rings. The molecular formula is C7H8N2O. The van der Waals surface area contributed by atoms with Crippen LogP contribution in [0.5, 0.6) is 0 Å². The Labute approximate surface area is 59.7 Å². The average molecular weight is 136 g/mol. The number of hydrogen-bond donors (Lipinski definition) is 2. The first kappa shape index (κ1) is 5.95. The van der Waals surface area contributed by atoms with Crippen molar-refractivity contribution in [1.29, 1.82) is 0 Å². The van der Waals surface area contributed by atoms with E-state index in [4.69, 9.17) is 4.84 Å². The molecule has 0 aromatic carbocycles. The first-order chi connectivity index (χ1) is 4.97. The van der Waals surface area contributed by atoms with Crippen LogP contribution in [0.3, 0.4) is 0 Å². The zero-order chi connectivity index (χ0) is 6.81. The van der Waals surface area contributed by atoms with Gasteiger partial charge in [0.25, 0.3) is 0 Å². The van der Waals surface area contributed by atoms with E-state index in [9.17, 15) is 0 Å². The molecule has 0 saturated heterocycles. The number of hydroxylamine groups is 1. The van der Waals surface area contributed by atoms with Crippen LogP contribution in [0.15, 0.2) is 23.4 Å². The van der Waals surface area contributed by atoms with Gasteiger partial charge in [0.15, 0.2) is 0 Å². The Kier molecular flexibility index (Phi) is 1.45. The number of nitrogens with one attached hydrogen (secondary N) is 2. The molecule has 3 heteroatoms. The van der Waals surface area contributed by atoms with E-state index in [1.165, 1.54) is 0 Å². The van der Waals surface area contributed by atoms with Crippen molar-refractivity contribution in [1.82, 2.24) is 10.8 Å². The lowest BCUT2D eigenvalue weighted by Crippen LogP contribution is -2.30. The standard InChI is InChI=1S/C7H8N2O/c1-2-6-5-10-9-4-7(6)8-3-1/h1-2,8-9H,3,5H2. The molecule has 2 aliphatic heterocycles. The van der Waals surface area contributed by atoms with E-state index < -0.39 is 0 Å². The molecule has 0 aromatic heterocycles. The van der Waals surface area contributed by atoms with Crippen molar-refractivity contribution < 1.29 is 4.84 Å². The number of hydrogen-bond acceptors (Lipinski definition) is 3. The molecule has 10 heavy (non-hydrogen) atoms. The Hall–Kier alpha value is -0.800. The van der Waals surface area contributed by atoms with Crippen molar-refractivity contribution in [2.24, 2.45) is 0 Å². The molecule has 0 spiro atoms. The Morgan fingerprint density at radius 2 is 2.60 bits per heavy atom. The second-order valence-corrected chi connectivity index (χ2v) is 2.20. The lowest BCUT2D eigenvalue weighted by molar-refractivity contribution is 0.0706. The summed E-state index contributed by atoms with van der Waals surface area (Å²) in [5.74, 6) is 0. The molecule has 2 rings (SSSR count). The topological polar surface area (TPSA) is 33.3 Å². The van der Waals surface area contributed by atoms with Gasteiger partial charge >= 0.3 is 0 Å². The van der Waals surface area contributed by atoms with Crippen LogP contribution in [-0.2, 0) is 4.84 Å². The van der Waals surface area contributed by atoms with Gasteiger partial charge in [0, 0.05) is 17.8 Å². The van der Waals surface area contributed by atoms with Crippen LogP contribution < -0.4 is 10.8 Å². The zero-order valence-electron chi connectivity index (χ0n) is 5.48. The van der Waals surface area contributed by atoms with Gasteiger partial charge in [0.05, 0.1) is 6.61 Å². The second-order valence-electron chi connectivity index (χ2n) is 2.20. The summed E-state index contributed by atoms with van der Waals surface area (Å²) in [6.07, 6.45) is 4.12. The third kappa shape index (κ3) is 0.936. The van der Waals surface area contributed by atoms with Crippen LogP contribution in [0.2, 0.25) is 0 Å². The highest BCUT2D eigenvalue weighted by Gasteiger charge is 2.12. The van der Waals surface area contributed by atoms with Crippen molar-refractivity contribution in [3.8, 4) is 0 Å². The maximum absolute atomic E-state index is 4.93. The van der Waals surface area contributed by atoms with Crippen LogP contribution in [0, 0.1) is 6.54 Å². The summed E-state index contributed by atoms with van der Waals surface area (Å²) in [5, 5.41) is 3.16. The highest BCUT2D eigenvalue weighted by molar-refractivity contribution is 5.33.